The molecule has 0 fully saturated rings. The number of unbranched alkanes of at least 4 members (excludes halogenated alkanes) is 20. The van der Waals surface area contributed by atoms with E-state index in [4.69, 9.17) is 4.74 Å². The number of amides is 1. The van der Waals surface area contributed by atoms with Crippen molar-refractivity contribution in [2.24, 2.45) is 0 Å². The van der Waals surface area contributed by atoms with Gasteiger partial charge >= 0.3 is 5.97 Å². The van der Waals surface area contributed by atoms with E-state index in [-0.39, 0.29) is 31.3 Å². The predicted octanol–water partition coefficient (Wildman–Crippen LogP) is 13.8. The summed E-state index contributed by atoms with van der Waals surface area (Å²) in [6.45, 7) is 6.29. The van der Waals surface area contributed by atoms with E-state index in [0.29, 0.717) is 19.3 Å². The Bertz CT molecular complexity index is 1070. The third-order valence-corrected chi connectivity index (χ3v) is 10.4. The van der Waals surface area contributed by atoms with E-state index in [1.54, 1.807) is 0 Å². The first-order chi connectivity index (χ1) is 28.0. The normalized spacial score (nSPS) is 14.0. The summed E-state index contributed by atoms with van der Waals surface area (Å²) in [4.78, 5) is 26.0. The molecular weight excluding hydrogens is 707 g/mol. The molecule has 57 heavy (non-hydrogen) atoms. The minimum atomic E-state index is -0.808. The molecule has 0 saturated carbocycles. The Morgan fingerprint density at radius 2 is 1.02 bits per heavy atom. The number of esters is 1. The van der Waals surface area contributed by atoms with Gasteiger partial charge in [-0.15, -0.1) is 0 Å². The molecule has 0 aliphatic rings. The molecule has 6 nitrogen and oxygen atoms in total. The Kier molecular flexibility index (Phi) is 42.3. The van der Waals surface area contributed by atoms with Gasteiger partial charge in [0, 0.05) is 6.42 Å². The number of aliphatic hydroxyl groups is 2. The average molecular weight is 796 g/mol. The van der Waals surface area contributed by atoms with Crippen molar-refractivity contribution in [3.8, 4) is 0 Å². The van der Waals surface area contributed by atoms with Crippen LogP contribution in [0.1, 0.15) is 213 Å². The Morgan fingerprint density at radius 1 is 0.544 bits per heavy atom. The van der Waals surface area contributed by atoms with Gasteiger partial charge in [-0.2, -0.15) is 0 Å². The molecule has 0 heterocycles. The fraction of sp³-hybridized carbons (Fsp3) is 0.725. The summed E-state index contributed by atoms with van der Waals surface area (Å²) in [5, 5.41) is 23.6. The molecule has 0 saturated heterocycles. The standard InChI is InChI=1S/C51H89NO5/c1-4-7-10-13-16-19-22-25-27-30-33-36-39-42-47(57-51(56)44-41-38-35-32-29-26-23-20-17-14-11-8-5-2)45-50(55)52-48(46-53)49(54)43-40-37-34-31-28-24-21-18-15-12-9-6-3/h7,10,13,16,19,22,25-27,29,35,38,47-49,53-54H,4-6,8-9,11-12,14-15,17-18,20-21,23-24,28,30-34,36-37,39-46H2,1-3H3,(H,52,55)/b10-7+,16-13+,22-19+,27-25-,29-26-,38-35+. The lowest BCUT2D eigenvalue weighted by atomic mass is 10.0. The highest BCUT2D eigenvalue weighted by molar-refractivity contribution is 5.77. The van der Waals surface area contributed by atoms with E-state index >= 15 is 0 Å². The van der Waals surface area contributed by atoms with Gasteiger partial charge in [0.05, 0.1) is 25.2 Å². The average Bonchev–Trinajstić information content (AvgIpc) is 3.20. The van der Waals surface area contributed by atoms with Crippen LogP contribution in [-0.4, -0.2) is 46.9 Å². The van der Waals surface area contributed by atoms with Crippen LogP contribution in [-0.2, 0) is 14.3 Å². The van der Waals surface area contributed by atoms with Gasteiger partial charge in [-0.25, -0.2) is 0 Å². The van der Waals surface area contributed by atoms with E-state index in [2.05, 4.69) is 62.5 Å². The Morgan fingerprint density at radius 3 is 1.60 bits per heavy atom. The van der Waals surface area contributed by atoms with E-state index < -0.39 is 18.2 Å². The third kappa shape index (κ3) is 39.9. The zero-order valence-corrected chi connectivity index (χ0v) is 37.2. The number of hydrogen-bond donors (Lipinski definition) is 3. The van der Waals surface area contributed by atoms with Crippen LogP contribution in [0, 0.1) is 0 Å². The summed E-state index contributed by atoms with van der Waals surface area (Å²) < 4.78 is 5.85. The van der Waals surface area contributed by atoms with E-state index in [1.807, 2.05) is 36.5 Å². The van der Waals surface area contributed by atoms with Crippen molar-refractivity contribution in [3.05, 3.63) is 72.9 Å². The number of ether oxygens (including phenoxy) is 1. The lowest BCUT2D eigenvalue weighted by molar-refractivity contribution is -0.150. The van der Waals surface area contributed by atoms with Gasteiger partial charge in [-0.3, -0.25) is 9.59 Å². The summed E-state index contributed by atoms with van der Waals surface area (Å²) >= 11 is 0. The summed E-state index contributed by atoms with van der Waals surface area (Å²) in [6.07, 6.45) is 55.4. The largest absolute Gasteiger partial charge is 0.462 e. The van der Waals surface area contributed by atoms with Crippen LogP contribution < -0.4 is 5.32 Å². The molecule has 0 spiro atoms. The summed E-state index contributed by atoms with van der Waals surface area (Å²) in [5.74, 6) is -0.599. The second kappa shape index (κ2) is 44.4. The first-order valence-electron chi connectivity index (χ1n) is 23.7. The van der Waals surface area contributed by atoms with Gasteiger partial charge in [-0.1, -0.05) is 209 Å². The molecule has 0 aromatic rings. The molecule has 6 heteroatoms. The quantitative estimate of drug-likeness (QED) is 0.0248. The second-order valence-corrected chi connectivity index (χ2v) is 15.9. The van der Waals surface area contributed by atoms with Crippen LogP contribution in [0.15, 0.2) is 72.9 Å². The lowest BCUT2D eigenvalue weighted by Gasteiger charge is -2.24. The molecule has 0 radical (unpaired) electrons. The SMILES string of the molecule is CC/C=C/C=C/C=C/C=C\CCCCCC(CC(=O)NC(CO)C(O)CCCCCCCCCCCCCC)OC(=O)CC/C=C/C/C=C\CCCCCCCC. The maximum atomic E-state index is 13.1. The molecule has 3 unspecified atom stereocenters. The van der Waals surface area contributed by atoms with Gasteiger partial charge in [0.25, 0.3) is 0 Å². The zero-order valence-electron chi connectivity index (χ0n) is 37.2. The molecule has 0 aromatic heterocycles. The lowest BCUT2D eigenvalue weighted by Crippen LogP contribution is -2.46. The number of allylic oxidation sites excluding steroid dienone is 12. The van der Waals surface area contributed by atoms with Crippen molar-refractivity contribution in [1.29, 1.82) is 0 Å². The molecule has 0 rings (SSSR count). The van der Waals surface area contributed by atoms with Gasteiger partial charge in [-0.05, 0) is 64.2 Å². The van der Waals surface area contributed by atoms with Crippen LogP contribution in [0.5, 0.6) is 0 Å². The van der Waals surface area contributed by atoms with Crippen molar-refractivity contribution in [3.63, 3.8) is 0 Å². The van der Waals surface area contributed by atoms with Crippen LogP contribution in [0.2, 0.25) is 0 Å². The Hall–Kier alpha value is -2.70. The summed E-state index contributed by atoms with van der Waals surface area (Å²) in [5.41, 5.74) is 0. The van der Waals surface area contributed by atoms with Crippen molar-refractivity contribution in [2.75, 3.05) is 6.61 Å². The van der Waals surface area contributed by atoms with Gasteiger partial charge in [0.1, 0.15) is 6.10 Å². The highest BCUT2D eigenvalue weighted by atomic mass is 16.5. The molecule has 3 N–H and O–H groups in total. The number of carbonyl (C=O) groups excluding carboxylic acids is 2. The van der Waals surface area contributed by atoms with Crippen molar-refractivity contribution >= 4 is 11.9 Å². The molecule has 3 atom stereocenters. The highest BCUT2D eigenvalue weighted by Gasteiger charge is 2.24. The molecule has 0 aliphatic heterocycles. The minimum Gasteiger partial charge on any atom is -0.462 e. The number of aliphatic hydroxyl groups excluding tert-OH is 2. The van der Waals surface area contributed by atoms with Crippen molar-refractivity contribution in [1.82, 2.24) is 5.32 Å². The molecule has 328 valence electrons. The maximum absolute atomic E-state index is 13.1. The van der Waals surface area contributed by atoms with Crippen LogP contribution in [0.3, 0.4) is 0 Å². The van der Waals surface area contributed by atoms with E-state index in [9.17, 15) is 19.8 Å². The predicted molar refractivity (Wildman–Crippen MR) is 245 cm³/mol. The van der Waals surface area contributed by atoms with Crippen molar-refractivity contribution < 1.29 is 24.5 Å². The minimum absolute atomic E-state index is 0.0263. The fourth-order valence-electron chi connectivity index (χ4n) is 6.79. The first-order valence-corrected chi connectivity index (χ1v) is 23.7. The van der Waals surface area contributed by atoms with Crippen LogP contribution in [0.4, 0.5) is 0 Å². The van der Waals surface area contributed by atoms with Gasteiger partial charge in [0.15, 0.2) is 0 Å². The Balaban J connectivity index is 4.74. The topological polar surface area (TPSA) is 95.9 Å². The molecule has 0 aliphatic carbocycles. The smallest absolute Gasteiger partial charge is 0.306 e. The maximum Gasteiger partial charge on any atom is 0.306 e. The van der Waals surface area contributed by atoms with Crippen LogP contribution in [0.25, 0.3) is 0 Å². The highest BCUT2D eigenvalue weighted by Crippen LogP contribution is 2.16. The van der Waals surface area contributed by atoms with E-state index in [0.717, 1.165) is 64.2 Å². The van der Waals surface area contributed by atoms with E-state index in [1.165, 1.54) is 96.3 Å². The third-order valence-electron chi connectivity index (χ3n) is 10.4. The molecule has 0 bridgehead atoms. The molecular formula is C51H89NO5. The monoisotopic (exact) mass is 796 g/mol. The van der Waals surface area contributed by atoms with Gasteiger partial charge < -0.3 is 20.3 Å². The first kappa shape index (κ1) is 54.3. The molecule has 0 aromatic carbocycles. The molecule has 1 amide bonds. The summed E-state index contributed by atoms with van der Waals surface area (Å²) in [6, 6.07) is -0.726. The summed E-state index contributed by atoms with van der Waals surface area (Å²) in [7, 11) is 0. The number of rotatable bonds is 41. The number of nitrogens with one attached hydrogen (secondary N) is 1. The number of carbonyl (C=O) groups is 2. The van der Waals surface area contributed by atoms with Crippen LogP contribution >= 0.6 is 0 Å². The fourth-order valence-corrected chi connectivity index (χ4v) is 6.79. The van der Waals surface area contributed by atoms with Crippen molar-refractivity contribution in [2.45, 2.75) is 232 Å². The Labute approximate surface area is 351 Å². The second-order valence-electron chi connectivity index (χ2n) is 15.9. The zero-order chi connectivity index (χ0) is 41.7. The number of hydrogen-bond acceptors (Lipinski definition) is 5. The van der Waals surface area contributed by atoms with Gasteiger partial charge in [0.2, 0.25) is 5.91 Å².